The molecule has 1 aliphatic rings. The Morgan fingerprint density at radius 1 is 1.08 bits per heavy atom. The molecule has 0 N–H and O–H groups in total. The average molecular weight is 426 g/mol. The quantitative estimate of drug-likeness (QED) is 0.704. The van der Waals surface area contributed by atoms with Crippen molar-refractivity contribution in [2.75, 3.05) is 13.1 Å². The fraction of sp³-hybridized carbons (Fsp3) is 0.278. The Kier molecular flexibility index (Phi) is 5.24. The van der Waals surface area contributed by atoms with Gasteiger partial charge in [-0.3, -0.25) is 4.79 Å². The van der Waals surface area contributed by atoms with E-state index in [0.29, 0.717) is 31.5 Å². The van der Waals surface area contributed by atoms with E-state index in [1.165, 1.54) is 12.1 Å². The van der Waals surface area contributed by atoms with Crippen LogP contribution in [0.3, 0.4) is 0 Å². The number of rotatable bonds is 3. The summed E-state index contributed by atoms with van der Waals surface area (Å²) in [4.78, 5) is 14.3. The van der Waals surface area contributed by atoms with E-state index >= 15 is 0 Å². The Morgan fingerprint density at radius 3 is 2.32 bits per heavy atom. The van der Waals surface area contributed by atoms with Crippen LogP contribution in [0.5, 0.6) is 0 Å². The minimum Gasteiger partial charge on any atom is -0.339 e. The van der Waals surface area contributed by atoms with E-state index in [4.69, 9.17) is 0 Å². The maximum Gasteiger partial charge on any atom is 0.253 e. The van der Waals surface area contributed by atoms with Crippen LogP contribution in [0.4, 0.5) is 4.39 Å². The average Bonchev–Trinajstić information content (AvgIpc) is 2.61. The number of benzene rings is 2. The van der Waals surface area contributed by atoms with E-state index in [1.807, 2.05) is 6.07 Å². The van der Waals surface area contributed by atoms with Crippen molar-refractivity contribution in [2.24, 2.45) is 0 Å². The lowest BCUT2D eigenvalue weighted by Gasteiger charge is -2.31. The Hall–Kier alpha value is -1.73. The van der Waals surface area contributed by atoms with Crippen LogP contribution in [0.25, 0.3) is 0 Å². The monoisotopic (exact) mass is 425 g/mol. The Bertz CT molecular complexity index is 875. The van der Waals surface area contributed by atoms with Gasteiger partial charge in [-0.1, -0.05) is 22.0 Å². The third-order valence-electron chi connectivity index (χ3n) is 4.38. The molecule has 1 heterocycles. The first kappa shape index (κ1) is 18.1. The van der Waals surface area contributed by atoms with Crippen molar-refractivity contribution in [3.8, 4) is 0 Å². The zero-order valence-electron chi connectivity index (χ0n) is 13.4. The van der Waals surface area contributed by atoms with E-state index in [2.05, 4.69) is 15.9 Å². The van der Waals surface area contributed by atoms with Crippen LogP contribution in [0, 0.1) is 5.82 Å². The molecule has 0 atom stereocenters. The van der Waals surface area contributed by atoms with Crippen molar-refractivity contribution in [1.82, 2.24) is 4.90 Å². The van der Waals surface area contributed by atoms with Crippen LogP contribution in [0.2, 0.25) is 0 Å². The molecule has 1 aliphatic heterocycles. The molecular weight excluding hydrogens is 409 g/mol. The van der Waals surface area contributed by atoms with Crippen molar-refractivity contribution in [2.45, 2.75) is 23.0 Å². The number of nitrogens with zero attached hydrogens (tertiary/aromatic N) is 1. The van der Waals surface area contributed by atoms with Gasteiger partial charge >= 0.3 is 0 Å². The minimum absolute atomic E-state index is 0.0982. The zero-order valence-corrected chi connectivity index (χ0v) is 15.8. The number of hydrogen-bond donors (Lipinski definition) is 0. The highest BCUT2D eigenvalue weighted by atomic mass is 79.9. The number of carbonyl (C=O) groups is 1. The Morgan fingerprint density at radius 2 is 1.72 bits per heavy atom. The highest BCUT2D eigenvalue weighted by Crippen LogP contribution is 2.26. The molecule has 1 saturated heterocycles. The molecule has 0 bridgehead atoms. The second kappa shape index (κ2) is 7.25. The van der Waals surface area contributed by atoms with Crippen molar-refractivity contribution in [3.05, 3.63) is 64.4 Å². The normalized spacial score (nSPS) is 16.0. The third kappa shape index (κ3) is 3.93. The Labute approximate surface area is 154 Å². The number of hydrogen-bond acceptors (Lipinski definition) is 3. The summed E-state index contributed by atoms with van der Waals surface area (Å²) >= 11 is 3.34. The third-order valence-corrected chi connectivity index (χ3v) is 7.15. The molecule has 3 rings (SSSR count). The number of piperidine rings is 1. The van der Waals surface area contributed by atoms with Crippen LogP contribution in [0.15, 0.2) is 57.9 Å². The van der Waals surface area contributed by atoms with Gasteiger partial charge in [-0.25, -0.2) is 12.8 Å². The fourth-order valence-corrected chi connectivity index (χ4v) is 5.12. The standard InChI is InChI=1S/C18H17BrFNO3S/c19-14-3-1-2-13(12-14)18(22)21-10-8-17(9-11-21)25(23,24)16-6-4-15(20)5-7-16/h1-7,12,17H,8-11H2. The lowest BCUT2D eigenvalue weighted by Crippen LogP contribution is -2.42. The van der Waals surface area contributed by atoms with Gasteiger partial charge in [-0.05, 0) is 55.3 Å². The van der Waals surface area contributed by atoms with Gasteiger partial charge in [0.2, 0.25) is 0 Å². The van der Waals surface area contributed by atoms with Crippen LogP contribution < -0.4 is 0 Å². The predicted molar refractivity (Wildman–Crippen MR) is 96.7 cm³/mol. The molecule has 1 fully saturated rings. The largest absolute Gasteiger partial charge is 0.339 e. The number of amides is 1. The molecule has 0 aromatic heterocycles. The summed E-state index contributed by atoms with van der Waals surface area (Å²) in [6.07, 6.45) is 0.749. The summed E-state index contributed by atoms with van der Waals surface area (Å²) in [6.45, 7) is 0.771. The van der Waals surface area contributed by atoms with Gasteiger partial charge in [0.15, 0.2) is 9.84 Å². The number of sulfone groups is 1. The van der Waals surface area contributed by atoms with Crippen LogP contribution in [-0.4, -0.2) is 37.6 Å². The summed E-state index contributed by atoms with van der Waals surface area (Å²) in [5, 5.41) is -0.551. The molecule has 25 heavy (non-hydrogen) atoms. The second-order valence-corrected chi connectivity index (χ2v) is 9.14. The predicted octanol–water partition coefficient (Wildman–Crippen LogP) is 3.67. The molecule has 0 radical (unpaired) electrons. The molecular formula is C18H17BrFNO3S. The van der Waals surface area contributed by atoms with Gasteiger partial charge in [0.25, 0.3) is 5.91 Å². The van der Waals surface area contributed by atoms with Crippen LogP contribution in [-0.2, 0) is 9.84 Å². The van der Waals surface area contributed by atoms with Gasteiger partial charge in [0.1, 0.15) is 5.82 Å². The van der Waals surface area contributed by atoms with Gasteiger partial charge in [0, 0.05) is 23.1 Å². The summed E-state index contributed by atoms with van der Waals surface area (Å²) in [6, 6.07) is 12.0. The molecule has 0 spiro atoms. The van der Waals surface area contributed by atoms with E-state index in [-0.39, 0.29) is 10.8 Å². The van der Waals surface area contributed by atoms with Crippen molar-refractivity contribution in [3.63, 3.8) is 0 Å². The lowest BCUT2D eigenvalue weighted by atomic mass is 10.1. The van der Waals surface area contributed by atoms with E-state index in [0.717, 1.165) is 16.6 Å². The molecule has 4 nitrogen and oxygen atoms in total. The smallest absolute Gasteiger partial charge is 0.253 e. The lowest BCUT2D eigenvalue weighted by molar-refractivity contribution is 0.0725. The maximum atomic E-state index is 13.0. The van der Waals surface area contributed by atoms with Gasteiger partial charge in [-0.15, -0.1) is 0 Å². The van der Waals surface area contributed by atoms with E-state index in [9.17, 15) is 17.6 Å². The van der Waals surface area contributed by atoms with Crippen LogP contribution in [0.1, 0.15) is 23.2 Å². The number of carbonyl (C=O) groups excluding carboxylic acids is 1. The number of likely N-dealkylation sites (tertiary alicyclic amines) is 1. The van der Waals surface area contributed by atoms with Gasteiger partial charge < -0.3 is 4.90 Å². The molecule has 0 aliphatic carbocycles. The molecule has 1 amide bonds. The number of halogens is 2. The first-order valence-electron chi connectivity index (χ1n) is 7.92. The molecule has 0 unspecified atom stereocenters. The molecule has 0 saturated carbocycles. The van der Waals surface area contributed by atoms with Crippen molar-refractivity contribution in [1.29, 1.82) is 0 Å². The van der Waals surface area contributed by atoms with Crippen LogP contribution >= 0.6 is 15.9 Å². The first-order valence-corrected chi connectivity index (χ1v) is 10.3. The second-order valence-electron chi connectivity index (χ2n) is 6.00. The van der Waals surface area contributed by atoms with Gasteiger partial charge in [0.05, 0.1) is 10.1 Å². The fourth-order valence-electron chi connectivity index (χ4n) is 2.99. The summed E-state index contributed by atoms with van der Waals surface area (Å²) in [5.74, 6) is -0.563. The molecule has 2 aromatic carbocycles. The van der Waals surface area contributed by atoms with Gasteiger partial charge in [-0.2, -0.15) is 0 Å². The van der Waals surface area contributed by atoms with E-state index < -0.39 is 20.9 Å². The highest BCUT2D eigenvalue weighted by molar-refractivity contribution is 9.10. The molecule has 2 aromatic rings. The molecule has 132 valence electrons. The van der Waals surface area contributed by atoms with Crippen molar-refractivity contribution < 1.29 is 17.6 Å². The minimum atomic E-state index is -3.51. The summed E-state index contributed by atoms with van der Waals surface area (Å²) < 4.78 is 39.1. The van der Waals surface area contributed by atoms with E-state index in [1.54, 1.807) is 23.1 Å². The SMILES string of the molecule is O=C(c1cccc(Br)c1)N1CCC(S(=O)(=O)c2ccc(F)cc2)CC1. The topological polar surface area (TPSA) is 54.5 Å². The summed E-state index contributed by atoms with van der Waals surface area (Å²) in [5.41, 5.74) is 0.578. The first-order chi connectivity index (χ1) is 11.9. The summed E-state index contributed by atoms with van der Waals surface area (Å²) in [7, 11) is -3.51. The maximum absolute atomic E-state index is 13.0. The van der Waals surface area contributed by atoms with Crippen molar-refractivity contribution >= 4 is 31.7 Å². The molecule has 7 heteroatoms. The highest BCUT2D eigenvalue weighted by Gasteiger charge is 2.33. The zero-order chi connectivity index (χ0) is 18.0. The Balaban J connectivity index is 1.69.